The molecule has 0 aromatic carbocycles. The number of rotatable bonds is 7. The molecule has 1 rings (SSSR count). The van der Waals surface area contributed by atoms with Gasteiger partial charge in [0, 0.05) is 38.6 Å². The second kappa shape index (κ2) is 6.42. The van der Waals surface area contributed by atoms with Gasteiger partial charge < -0.3 is 19.9 Å². The zero-order valence-corrected chi connectivity index (χ0v) is 9.71. The van der Waals surface area contributed by atoms with Crippen molar-refractivity contribution in [3.63, 3.8) is 0 Å². The maximum absolute atomic E-state index is 5.00. The fraction of sp³-hybridized carbons (Fsp3) is 0.700. The summed E-state index contributed by atoms with van der Waals surface area (Å²) in [5.41, 5.74) is 1.07. The third-order valence-electron chi connectivity index (χ3n) is 2.17. The number of imidazole rings is 1. The molecule has 0 fully saturated rings. The number of hydrogen-bond donors (Lipinski definition) is 2. The molecule has 0 aliphatic rings. The average Bonchev–Trinajstić information content (AvgIpc) is 2.61. The number of ether oxygens (including phenoxy) is 1. The highest BCUT2D eigenvalue weighted by atomic mass is 16.5. The van der Waals surface area contributed by atoms with E-state index >= 15 is 0 Å². The first-order chi connectivity index (χ1) is 7.22. The topological polar surface area (TPSA) is 53.2 Å². The third kappa shape index (κ3) is 4.80. The largest absolute Gasteiger partial charge is 0.383 e. The molecule has 5 heteroatoms. The van der Waals surface area contributed by atoms with Crippen LogP contribution in [0.15, 0.2) is 6.20 Å². The van der Waals surface area contributed by atoms with Crippen molar-refractivity contribution < 1.29 is 4.74 Å². The number of likely N-dealkylation sites (N-methyl/N-ethyl adjacent to an activating group) is 1. The molecule has 0 atom stereocenters. The van der Waals surface area contributed by atoms with E-state index in [0.29, 0.717) is 0 Å². The number of nitrogens with one attached hydrogen (secondary N) is 2. The SMILES string of the molecule is COCCN(C)CCNc1ncc(C)[nH]1. The van der Waals surface area contributed by atoms with Gasteiger partial charge >= 0.3 is 0 Å². The van der Waals surface area contributed by atoms with Crippen LogP contribution in [-0.2, 0) is 4.74 Å². The summed E-state index contributed by atoms with van der Waals surface area (Å²) in [5.74, 6) is 0.840. The van der Waals surface area contributed by atoms with Crippen LogP contribution in [0.1, 0.15) is 5.69 Å². The van der Waals surface area contributed by atoms with Gasteiger partial charge in [0.2, 0.25) is 0 Å². The molecule has 86 valence electrons. The van der Waals surface area contributed by atoms with Gasteiger partial charge in [-0.05, 0) is 14.0 Å². The van der Waals surface area contributed by atoms with Gasteiger partial charge in [0.1, 0.15) is 0 Å². The van der Waals surface area contributed by atoms with Crippen LogP contribution in [0.2, 0.25) is 0 Å². The fourth-order valence-corrected chi connectivity index (χ4v) is 1.23. The predicted octanol–water partition coefficient (Wildman–Crippen LogP) is 0.708. The van der Waals surface area contributed by atoms with Crippen molar-refractivity contribution >= 4 is 5.95 Å². The minimum Gasteiger partial charge on any atom is -0.383 e. The standard InChI is InChI=1S/C10H20N4O/c1-9-8-12-10(13-9)11-4-5-14(2)6-7-15-3/h8H,4-7H2,1-3H3,(H2,11,12,13). The molecule has 0 aliphatic heterocycles. The van der Waals surface area contributed by atoms with Crippen molar-refractivity contribution in [3.8, 4) is 0 Å². The van der Waals surface area contributed by atoms with E-state index in [-0.39, 0.29) is 0 Å². The minimum absolute atomic E-state index is 0.774. The molecule has 1 aromatic heterocycles. The summed E-state index contributed by atoms with van der Waals surface area (Å²) >= 11 is 0. The maximum Gasteiger partial charge on any atom is 0.200 e. The number of nitrogens with zero attached hydrogens (tertiary/aromatic N) is 2. The first-order valence-electron chi connectivity index (χ1n) is 5.15. The maximum atomic E-state index is 5.00. The van der Waals surface area contributed by atoms with Crippen molar-refractivity contribution in [2.45, 2.75) is 6.92 Å². The van der Waals surface area contributed by atoms with Gasteiger partial charge in [-0.25, -0.2) is 4.98 Å². The van der Waals surface area contributed by atoms with E-state index in [0.717, 1.165) is 37.9 Å². The fourth-order valence-electron chi connectivity index (χ4n) is 1.23. The van der Waals surface area contributed by atoms with Gasteiger partial charge in [0.25, 0.3) is 0 Å². The second-order valence-electron chi connectivity index (χ2n) is 3.64. The van der Waals surface area contributed by atoms with Crippen LogP contribution in [0.5, 0.6) is 0 Å². The van der Waals surface area contributed by atoms with Gasteiger partial charge in [-0.2, -0.15) is 0 Å². The van der Waals surface area contributed by atoms with Gasteiger partial charge in [0.05, 0.1) is 6.61 Å². The molecular weight excluding hydrogens is 192 g/mol. The lowest BCUT2D eigenvalue weighted by molar-refractivity contribution is 0.163. The Hall–Kier alpha value is -1.07. The number of anilines is 1. The third-order valence-corrected chi connectivity index (χ3v) is 2.17. The molecule has 0 radical (unpaired) electrons. The van der Waals surface area contributed by atoms with Gasteiger partial charge in [-0.15, -0.1) is 0 Å². The van der Waals surface area contributed by atoms with Gasteiger partial charge in [-0.3, -0.25) is 0 Å². The number of methoxy groups -OCH3 is 1. The van der Waals surface area contributed by atoms with E-state index in [1.807, 2.05) is 13.1 Å². The molecule has 0 saturated heterocycles. The molecular formula is C10H20N4O. The number of aromatic amines is 1. The van der Waals surface area contributed by atoms with E-state index < -0.39 is 0 Å². The monoisotopic (exact) mass is 212 g/mol. The van der Waals surface area contributed by atoms with E-state index in [2.05, 4.69) is 27.2 Å². The quantitative estimate of drug-likeness (QED) is 0.699. The summed E-state index contributed by atoms with van der Waals surface area (Å²) in [5, 5.41) is 3.22. The Bertz CT molecular complexity index is 274. The smallest absolute Gasteiger partial charge is 0.200 e. The molecule has 15 heavy (non-hydrogen) atoms. The Morgan fingerprint density at radius 3 is 2.93 bits per heavy atom. The Labute approximate surface area is 90.8 Å². The Balaban J connectivity index is 2.10. The minimum atomic E-state index is 0.774. The lowest BCUT2D eigenvalue weighted by Crippen LogP contribution is -2.28. The van der Waals surface area contributed by atoms with Crippen LogP contribution >= 0.6 is 0 Å². The molecule has 1 aromatic rings. The van der Waals surface area contributed by atoms with Crippen LogP contribution in [-0.4, -0.2) is 55.3 Å². The Morgan fingerprint density at radius 1 is 1.53 bits per heavy atom. The van der Waals surface area contributed by atoms with Crippen molar-refractivity contribution in [3.05, 3.63) is 11.9 Å². The summed E-state index contributed by atoms with van der Waals surface area (Å²) in [6, 6.07) is 0. The molecule has 0 spiro atoms. The molecule has 0 amide bonds. The van der Waals surface area contributed by atoms with Crippen LogP contribution in [0, 0.1) is 6.92 Å². The lowest BCUT2D eigenvalue weighted by Gasteiger charge is -2.15. The summed E-state index contributed by atoms with van der Waals surface area (Å²) in [4.78, 5) is 9.51. The van der Waals surface area contributed by atoms with E-state index in [1.165, 1.54) is 0 Å². The molecule has 1 heterocycles. The Morgan fingerprint density at radius 2 is 2.33 bits per heavy atom. The highest BCUT2D eigenvalue weighted by Gasteiger charge is 1.98. The molecule has 5 nitrogen and oxygen atoms in total. The highest BCUT2D eigenvalue weighted by Crippen LogP contribution is 1.99. The van der Waals surface area contributed by atoms with E-state index in [1.54, 1.807) is 7.11 Å². The molecule has 0 unspecified atom stereocenters. The first kappa shape index (κ1) is 12.0. The van der Waals surface area contributed by atoms with E-state index in [9.17, 15) is 0 Å². The van der Waals surface area contributed by atoms with Gasteiger partial charge in [-0.1, -0.05) is 0 Å². The number of aromatic nitrogens is 2. The second-order valence-corrected chi connectivity index (χ2v) is 3.64. The highest BCUT2D eigenvalue weighted by molar-refractivity contribution is 5.25. The molecule has 0 saturated carbocycles. The van der Waals surface area contributed by atoms with Crippen molar-refractivity contribution in [1.29, 1.82) is 0 Å². The summed E-state index contributed by atoms with van der Waals surface area (Å²) in [6.07, 6.45) is 1.82. The van der Waals surface area contributed by atoms with Crippen LogP contribution in [0.25, 0.3) is 0 Å². The summed E-state index contributed by atoms with van der Waals surface area (Å²) in [6.45, 7) is 5.57. The lowest BCUT2D eigenvalue weighted by atomic mass is 10.5. The van der Waals surface area contributed by atoms with Crippen LogP contribution < -0.4 is 5.32 Å². The Kier molecular flexibility index (Phi) is 5.14. The van der Waals surface area contributed by atoms with Crippen LogP contribution in [0.4, 0.5) is 5.95 Å². The molecule has 0 bridgehead atoms. The van der Waals surface area contributed by atoms with Crippen molar-refractivity contribution in [2.24, 2.45) is 0 Å². The average molecular weight is 212 g/mol. The van der Waals surface area contributed by atoms with E-state index in [4.69, 9.17) is 4.74 Å². The normalized spacial score (nSPS) is 10.9. The molecule has 2 N–H and O–H groups in total. The van der Waals surface area contributed by atoms with Crippen molar-refractivity contribution in [1.82, 2.24) is 14.9 Å². The number of H-pyrrole nitrogens is 1. The summed E-state index contributed by atoms with van der Waals surface area (Å²) < 4.78 is 5.00. The zero-order chi connectivity index (χ0) is 11.1. The number of hydrogen-bond acceptors (Lipinski definition) is 4. The number of aryl methyl sites for hydroxylation is 1. The zero-order valence-electron chi connectivity index (χ0n) is 9.71. The predicted molar refractivity (Wildman–Crippen MR) is 61.2 cm³/mol. The molecule has 0 aliphatic carbocycles. The van der Waals surface area contributed by atoms with Crippen LogP contribution in [0.3, 0.4) is 0 Å². The van der Waals surface area contributed by atoms with Gasteiger partial charge in [0.15, 0.2) is 5.95 Å². The first-order valence-corrected chi connectivity index (χ1v) is 5.15. The summed E-state index contributed by atoms with van der Waals surface area (Å²) in [7, 11) is 3.80. The van der Waals surface area contributed by atoms with Crippen molar-refractivity contribution in [2.75, 3.05) is 45.7 Å².